The third-order valence-corrected chi connectivity index (χ3v) is 4.38. The number of carbonyl (C=O) groups excluding carboxylic acids is 1. The second-order valence-electron chi connectivity index (χ2n) is 5.63. The number of nitrogens with one attached hydrogen (secondary N) is 2. The van der Waals surface area contributed by atoms with Gasteiger partial charge in [0.15, 0.2) is 0 Å². The second-order valence-corrected chi connectivity index (χ2v) is 6.54. The van der Waals surface area contributed by atoms with Crippen molar-refractivity contribution in [3.63, 3.8) is 0 Å². The zero-order valence-corrected chi connectivity index (χ0v) is 13.6. The number of rotatable bonds is 5. The minimum atomic E-state index is -0.215. The molecule has 1 unspecified atom stereocenters. The van der Waals surface area contributed by atoms with Gasteiger partial charge in [-0.1, -0.05) is 41.3 Å². The molecule has 0 aliphatic heterocycles. The first-order valence-corrected chi connectivity index (χ1v) is 8.24. The molecule has 0 bridgehead atoms. The van der Waals surface area contributed by atoms with E-state index >= 15 is 0 Å². The lowest BCUT2D eigenvalue weighted by atomic mass is 9.89. The highest BCUT2D eigenvalue weighted by molar-refractivity contribution is 9.10. The van der Waals surface area contributed by atoms with E-state index in [1.165, 1.54) is 32.1 Å². The molecule has 20 heavy (non-hydrogen) atoms. The highest BCUT2D eigenvalue weighted by Gasteiger charge is 2.17. The summed E-state index contributed by atoms with van der Waals surface area (Å²) in [6, 6.07) is 7.66. The molecule has 1 aliphatic rings. The highest BCUT2D eigenvalue weighted by atomic mass is 79.9. The van der Waals surface area contributed by atoms with Gasteiger partial charge in [-0.05, 0) is 43.9 Å². The second kappa shape index (κ2) is 7.67. The molecule has 0 heterocycles. The van der Waals surface area contributed by atoms with Crippen LogP contribution in [0.5, 0.6) is 0 Å². The molecule has 0 radical (unpaired) electrons. The predicted octanol–water partition coefficient (Wildman–Crippen LogP) is 3.95. The maximum atomic E-state index is 12.1. The van der Waals surface area contributed by atoms with E-state index in [1.54, 1.807) is 0 Å². The Morgan fingerprint density at radius 3 is 2.80 bits per heavy atom. The van der Waals surface area contributed by atoms with E-state index < -0.39 is 0 Å². The lowest BCUT2D eigenvalue weighted by Crippen LogP contribution is -2.40. The topological polar surface area (TPSA) is 41.1 Å². The Morgan fingerprint density at radius 1 is 1.35 bits per heavy atom. The summed E-state index contributed by atoms with van der Waals surface area (Å²) in [5.74, 6) is 0.751. The summed E-state index contributed by atoms with van der Waals surface area (Å²) >= 11 is 3.43. The lowest BCUT2D eigenvalue weighted by molar-refractivity contribution is -0.121. The minimum Gasteiger partial charge on any atom is -0.374 e. The first-order chi connectivity index (χ1) is 9.65. The van der Waals surface area contributed by atoms with Crippen molar-refractivity contribution >= 4 is 27.5 Å². The number of hydrogen-bond acceptors (Lipinski definition) is 2. The minimum absolute atomic E-state index is 0.0792. The van der Waals surface area contributed by atoms with Gasteiger partial charge in [-0.2, -0.15) is 0 Å². The van der Waals surface area contributed by atoms with Crippen LogP contribution in [0.1, 0.15) is 39.0 Å². The van der Waals surface area contributed by atoms with Crippen molar-refractivity contribution in [2.75, 3.05) is 11.9 Å². The molecule has 1 aromatic rings. The smallest absolute Gasteiger partial charge is 0.242 e. The monoisotopic (exact) mass is 338 g/mol. The molecule has 0 saturated heterocycles. The van der Waals surface area contributed by atoms with Crippen molar-refractivity contribution in [2.45, 2.75) is 45.1 Å². The van der Waals surface area contributed by atoms with E-state index in [0.717, 1.165) is 16.7 Å². The normalized spacial score (nSPS) is 17.5. The van der Waals surface area contributed by atoms with Crippen molar-refractivity contribution in [1.29, 1.82) is 0 Å². The van der Waals surface area contributed by atoms with Crippen molar-refractivity contribution in [1.82, 2.24) is 5.32 Å². The van der Waals surface area contributed by atoms with E-state index in [9.17, 15) is 4.79 Å². The first-order valence-electron chi connectivity index (χ1n) is 7.45. The molecule has 0 spiro atoms. The molecule has 1 aromatic carbocycles. The van der Waals surface area contributed by atoms with Gasteiger partial charge in [0.25, 0.3) is 0 Å². The molecule has 1 amide bonds. The van der Waals surface area contributed by atoms with Crippen molar-refractivity contribution < 1.29 is 4.79 Å². The third-order valence-electron chi connectivity index (χ3n) is 3.89. The Bertz CT molecular complexity index is 444. The average molecular weight is 339 g/mol. The Labute approximate surface area is 129 Å². The SMILES string of the molecule is CC(Nc1cccc(Br)c1)C(=O)NCC1CCCCC1. The summed E-state index contributed by atoms with van der Waals surface area (Å²) in [5.41, 5.74) is 0.958. The van der Waals surface area contributed by atoms with Crippen LogP contribution in [0.3, 0.4) is 0 Å². The summed E-state index contributed by atoms with van der Waals surface area (Å²) in [5, 5.41) is 6.30. The fraction of sp³-hybridized carbons (Fsp3) is 0.562. The molecule has 1 saturated carbocycles. The Balaban J connectivity index is 1.76. The van der Waals surface area contributed by atoms with Gasteiger partial charge in [0.2, 0.25) is 5.91 Å². The average Bonchev–Trinajstić information content (AvgIpc) is 2.46. The number of hydrogen-bond donors (Lipinski definition) is 2. The van der Waals surface area contributed by atoms with Crippen LogP contribution in [0.25, 0.3) is 0 Å². The summed E-state index contributed by atoms with van der Waals surface area (Å²) in [7, 11) is 0. The van der Waals surface area contributed by atoms with Gasteiger partial charge in [0.1, 0.15) is 6.04 Å². The molecule has 2 rings (SSSR count). The van der Waals surface area contributed by atoms with E-state index in [4.69, 9.17) is 0 Å². The Morgan fingerprint density at radius 2 is 2.10 bits per heavy atom. The van der Waals surface area contributed by atoms with Crippen molar-refractivity contribution in [3.8, 4) is 0 Å². The molecule has 1 atom stereocenters. The molecule has 2 N–H and O–H groups in total. The van der Waals surface area contributed by atoms with E-state index in [0.29, 0.717) is 5.92 Å². The molecule has 1 fully saturated rings. The van der Waals surface area contributed by atoms with Crippen LogP contribution < -0.4 is 10.6 Å². The molecule has 0 aromatic heterocycles. The fourth-order valence-corrected chi connectivity index (χ4v) is 3.08. The summed E-state index contributed by atoms with van der Waals surface area (Å²) in [6.45, 7) is 2.72. The van der Waals surface area contributed by atoms with Crippen LogP contribution in [-0.4, -0.2) is 18.5 Å². The van der Waals surface area contributed by atoms with E-state index in [1.807, 2.05) is 31.2 Å². The quantitative estimate of drug-likeness (QED) is 0.853. The van der Waals surface area contributed by atoms with Gasteiger partial charge in [-0.15, -0.1) is 0 Å². The molecule has 110 valence electrons. The fourth-order valence-electron chi connectivity index (χ4n) is 2.68. The van der Waals surface area contributed by atoms with Gasteiger partial charge in [-0.3, -0.25) is 4.79 Å². The van der Waals surface area contributed by atoms with Gasteiger partial charge in [-0.25, -0.2) is 0 Å². The molecule has 4 heteroatoms. The molecule has 1 aliphatic carbocycles. The largest absolute Gasteiger partial charge is 0.374 e. The number of amides is 1. The van der Waals surface area contributed by atoms with Gasteiger partial charge >= 0.3 is 0 Å². The Hall–Kier alpha value is -1.03. The molecule has 3 nitrogen and oxygen atoms in total. The predicted molar refractivity (Wildman–Crippen MR) is 86.8 cm³/mol. The maximum Gasteiger partial charge on any atom is 0.242 e. The van der Waals surface area contributed by atoms with Crippen LogP contribution in [0.2, 0.25) is 0 Å². The summed E-state index contributed by atoms with van der Waals surface area (Å²) < 4.78 is 1.01. The molecular weight excluding hydrogens is 316 g/mol. The maximum absolute atomic E-state index is 12.1. The zero-order valence-electron chi connectivity index (χ0n) is 12.0. The number of halogens is 1. The zero-order chi connectivity index (χ0) is 14.4. The first kappa shape index (κ1) is 15.4. The van der Waals surface area contributed by atoms with Crippen LogP contribution in [0.15, 0.2) is 28.7 Å². The number of anilines is 1. The van der Waals surface area contributed by atoms with Crippen molar-refractivity contribution in [3.05, 3.63) is 28.7 Å². The van der Waals surface area contributed by atoms with Crippen LogP contribution in [0, 0.1) is 5.92 Å². The lowest BCUT2D eigenvalue weighted by Gasteiger charge is -2.23. The van der Waals surface area contributed by atoms with Gasteiger partial charge in [0, 0.05) is 16.7 Å². The van der Waals surface area contributed by atoms with Gasteiger partial charge < -0.3 is 10.6 Å². The van der Waals surface area contributed by atoms with Crippen LogP contribution >= 0.6 is 15.9 Å². The summed E-state index contributed by atoms with van der Waals surface area (Å²) in [6.07, 6.45) is 6.49. The van der Waals surface area contributed by atoms with E-state index in [-0.39, 0.29) is 11.9 Å². The molecular formula is C16H23BrN2O. The van der Waals surface area contributed by atoms with Crippen molar-refractivity contribution in [2.24, 2.45) is 5.92 Å². The highest BCUT2D eigenvalue weighted by Crippen LogP contribution is 2.22. The number of carbonyl (C=O) groups is 1. The Kier molecular flexibility index (Phi) is 5.89. The van der Waals surface area contributed by atoms with E-state index in [2.05, 4.69) is 26.6 Å². The third kappa shape index (κ3) is 4.82. The summed E-state index contributed by atoms with van der Waals surface area (Å²) in [4.78, 5) is 12.1. The van der Waals surface area contributed by atoms with Gasteiger partial charge in [0.05, 0.1) is 0 Å². The van der Waals surface area contributed by atoms with Crippen LogP contribution in [-0.2, 0) is 4.79 Å². The van der Waals surface area contributed by atoms with Crippen LogP contribution in [0.4, 0.5) is 5.69 Å². The standard InChI is InChI=1S/C16H23BrN2O/c1-12(19-15-9-5-8-14(17)10-15)16(20)18-11-13-6-3-2-4-7-13/h5,8-10,12-13,19H,2-4,6-7,11H2,1H3,(H,18,20). The number of benzene rings is 1.